The first-order valence-corrected chi connectivity index (χ1v) is 13.5. The summed E-state index contributed by atoms with van der Waals surface area (Å²) < 4.78 is 0. The lowest BCUT2D eigenvalue weighted by Gasteiger charge is -2.23. The molecule has 3 N–H and O–H groups in total. The molecule has 0 unspecified atom stereocenters. The van der Waals surface area contributed by atoms with Crippen LogP contribution < -0.4 is 11.1 Å². The van der Waals surface area contributed by atoms with Gasteiger partial charge >= 0.3 is 0 Å². The Bertz CT molecular complexity index is 564. The average Bonchev–Trinajstić information content (AvgIpc) is 2.82. The topological polar surface area (TPSA) is 44.5 Å². The largest absolute Gasteiger partial charge is 0.385 e. The van der Waals surface area contributed by atoms with E-state index >= 15 is 0 Å². The van der Waals surface area contributed by atoms with Gasteiger partial charge in [0.1, 0.15) is 0 Å². The molecule has 0 saturated carbocycles. The maximum atomic E-state index is 5.81. The molecule has 0 saturated heterocycles. The van der Waals surface area contributed by atoms with Crippen molar-refractivity contribution >= 4 is 0 Å². The van der Waals surface area contributed by atoms with E-state index in [0.29, 0.717) is 0 Å². The van der Waals surface area contributed by atoms with E-state index in [0.717, 1.165) is 19.6 Å². The predicted molar refractivity (Wildman–Crippen MR) is 140 cm³/mol. The smallest absolute Gasteiger partial charge is 0.0444 e. The van der Waals surface area contributed by atoms with E-state index in [1.54, 1.807) is 0 Å². The monoisotopic (exact) mass is 442 g/mol. The molecule has 0 bridgehead atoms. The van der Waals surface area contributed by atoms with E-state index in [9.17, 15) is 0 Å². The highest BCUT2D eigenvalue weighted by molar-refractivity contribution is 5.20. The fourth-order valence-electron chi connectivity index (χ4n) is 4.32. The van der Waals surface area contributed by atoms with Crippen molar-refractivity contribution in [1.29, 1.82) is 0 Å². The molecule has 0 aliphatic carbocycles. The third-order valence-electron chi connectivity index (χ3n) is 6.48. The lowest BCUT2D eigenvalue weighted by atomic mass is 10.1. The number of hydrogen-bond donors (Lipinski definition) is 2. The molecule has 2 aliphatic heterocycles. The quantitative estimate of drug-likeness (QED) is 0.226. The summed E-state index contributed by atoms with van der Waals surface area (Å²) in [6.45, 7) is 6.76. The van der Waals surface area contributed by atoms with E-state index in [1.165, 1.54) is 102 Å². The lowest BCUT2D eigenvalue weighted by molar-refractivity contribution is 0.388. The summed E-state index contributed by atoms with van der Waals surface area (Å²) >= 11 is 0. The fraction of sp³-hybridized carbons (Fsp3) is 0.714. The van der Waals surface area contributed by atoms with Crippen molar-refractivity contribution in [2.24, 2.45) is 5.73 Å². The van der Waals surface area contributed by atoms with Gasteiger partial charge in [-0.15, -0.1) is 0 Å². The van der Waals surface area contributed by atoms with Crippen molar-refractivity contribution in [3.8, 4) is 0 Å². The molecule has 32 heavy (non-hydrogen) atoms. The van der Waals surface area contributed by atoms with Crippen LogP contribution in [0.2, 0.25) is 0 Å². The number of unbranched alkanes of at least 4 members (excludes halogenated alkanes) is 12. The second-order valence-corrected chi connectivity index (χ2v) is 9.49. The van der Waals surface area contributed by atoms with Crippen molar-refractivity contribution < 1.29 is 0 Å². The maximum Gasteiger partial charge on any atom is 0.0444 e. The second kappa shape index (κ2) is 17.8. The molecule has 0 fully saturated rings. The molecule has 2 rings (SSSR count). The molecule has 0 radical (unpaired) electrons. The zero-order valence-corrected chi connectivity index (χ0v) is 20.8. The molecule has 4 heteroatoms. The molecule has 0 amide bonds. The van der Waals surface area contributed by atoms with Crippen molar-refractivity contribution in [1.82, 2.24) is 15.1 Å². The molecular formula is C28H50N4. The predicted octanol–water partition coefficient (Wildman–Crippen LogP) is 6.44. The molecule has 4 nitrogen and oxygen atoms in total. The third kappa shape index (κ3) is 13.0. The van der Waals surface area contributed by atoms with Gasteiger partial charge < -0.3 is 20.9 Å². The van der Waals surface area contributed by atoms with E-state index in [1.807, 2.05) is 0 Å². The Balaban J connectivity index is 1.34. The Hall–Kier alpha value is -1.68. The number of nitrogens with one attached hydrogen (secondary N) is 1. The summed E-state index contributed by atoms with van der Waals surface area (Å²) in [6.07, 6.45) is 34.2. The summed E-state index contributed by atoms with van der Waals surface area (Å²) in [4.78, 5) is 4.70. The molecule has 2 heterocycles. The van der Waals surface area contributed by atoms with Gasteiger partial charge in [-0.05, 0) is 43.6 Å². The number of nitrogens with two attached hydrogens (primary N) is 1. The molecule has 0 aromatic heterocycles. The lowest BCUT2D eigenvalue weighted by Crippen LogP contribution is -2.24. The van der Waals surface area contributed by atoms with E-state index in [2.05, 4.69) is 64.9 Å². The van der Waals surface area contributed by atoms with Crippen LogP contribution in [-0.2, 0) is 0 Å². The zero-order valence-electron chi connectivity index (χ0n) is 20.8. The number of nitrogens with zero attached hydrogens (tertiary/aromatic N) is 2. The highest BCUT2D eigenvalue weighted by Gasteiger charge is 2.05. The minimum absolute atomic E-state index is 0.0999. The standard InChI is InChI=1S/C28H50N4/c1-2-3-4-5-10-13-20-30-28-18-25-32(26-19-28)22-15-12-9-7-6-8-11-14-21-31-23-16-27(29)17-24-31/h16-19,23-25,27,30H,2-15,20-22,26,29H2,1H3. The Morgan fingerprint density at radius 1 is 0.781 bits per heavy atom. The molecule has 182 valence electrons. The van der Waals surface area contributed by atoms with Crippen molar-refractivity contribution in [3.63, 3.8) is 0 Å². The molecule has 0 aromatic carbocycles. The van der Waals surface area contributed by atoms with Crippen LogP contribution in [-0.4, -0.2) is 42.0 Å². The summed E-state index contributed by atoms with van der Waals surface area (Å²) in [5.41, 5.74) is 7.12. The minimum Gasteiger partial charge on any atom is -0.385 e. The van der Waals surface area contributed by atoms with Gasteiger partial charge in [-0.2, -0.15) is 0 Å². The van der Waals surface area contributed by atoms with Crippen molar-refractivity contribution in [2.45, 2.75) is 103 Å². The Labute approximate surface area is 198 Å². The van der Waals surface area contributed by atoms with E-state index in [4.69, 9.17) is 5.73 Å². The van der Waals surface area contributed by atoms with Gasteiger partial charge in [-0.25, -0.2) is 0 Å². The molecular weight excluding hydrogens is 392 g/mol. The average molecular weight is 443 g/mol. The van der Waals surface area contributed by atoms with Crippen LogP contribution in [0.5, 0.6) is 0 Å². The summed E-state index contributed by atoms with van der Waals surface area (Å²) in [5.74, 6) is 0. The van der Waals surface area contributed by atoms with Gasteiger partial charge in [0, 0.05) is 56.5 Å². The Morgan fingerprint density at radius 3 is 2.00 bits per heavy atom. The number of allylic oxidation sites excluding steroid dienone is 1. The van der Waals surface area contributed by atoms with Crippen LogP contribution in [0.1, 0.15) is 96.8 Å². The third-order valence-corrected chi connectivity index (χ3v) is 6.48. The van der Waals surface area contributed by atoms with Crippen LogP contribution in [0.4, 0.5) is 0 Å². The van der Waals surface area contributed by atoms with Gasteiger partial charge in [0.2, 0.25) is 0 Å². The molecule has 0 spiro atoms. The Morgan fingerprint density at radius 2 is 1.38 bits per heavy atom. The van der Waals surface area contributed by atoms with E-state index < -0.39 is 0 Å². The summed E-state index contributed by atoms with van der Waals surface area (Å²) in [6, 6.07) is 0.0999. The zero-order chi connectivity index (χ0) is 22.7. The maximum absolute atomic E-state index is 5.81. The molecule has 0 aromatic rings. The fourth-order valence-corrected chi connectivity index (χ4v) is 4.32. The van der Waals surface area contributed by atoms with Gasteiger partial charge in [0.05, 0.1) is 0 Å². The van der Waals surface area contributed by atoms with Crippen molar-refractivity contribution in [3.05, 3.63) is 48.6 Å². The highest BCUT2D eigenvalue weighted by Crippen LogP contribution is 2.12. The van der Waals surface area contributed by atoms with Crippen LogP contribution in [0.25, 0.3) is 0 Å². The van der Waals surface area contributed by atoms with Crippen LogP contribution in [0.3, 0.4) is 0 Å². The van der Waals surface area contributed by atoms with Crippen LogP contribution in [0.15, 0.2) is 48.6 Å². The van der Waals surface area contributed by atoms with E-state index in [-0.39, 0.29) is 6.04 Å². The first-order valence-electron chi connectivity index (χ1n) is 13.5. The summed E-state index contributed by atoms with van der Waals surface area (Å²) in [5, 5.41) is 3.59. The normalized spacial score (nSPS) is 16.1. The molecule has 2 aliphatic rings. The van der Waals surface area contributed by atoms with Gasteiger partial charge in [-0.3, -0.25) is 0 Å². The highest BCUT2D eigenvalue weighted by atomic mass is 15.1. The van der Waals surface area contributed by atoms with Gasteiger partial charge in [0.25, 0.3) is 0 Å². The number of hydrogen-bond acceptors (Lipinski definition) is 4. The SMILES string of the molecule is CCCCCCCCNC1=CCN(CCCCCCCCCCN2C=CC(N)C=C2)C=C1. The second-order valence-electron chi connectivity index (χ2n) is 9.49. The number of rotatable bonds is 19. The minimum atomic E-state index is 0.0999. The summed E-state index contributed by atoms with van der Waals surface area (Å²) in [7, 11) is 0. The first kappa shape index (κ1) is 26.6. The van der Waals surface area contributed by atoms with Gasteiger partial charge in [0.15, 0.2) is 0 Å². The van der Waals surface area contributed by atoms with Crippen LogP contribution >= 0.6 is 0 Å². The van der Waals surface area contributed by atoms with Crippen LogP contribution in [0, 0.1) is 0 Å². The molecule has 0 atom stereocenters. The first-order chi connectivity index (χ1) is 15.8. The van der Waals surface area contributed by atoms with Gasteiger partial charge in [-0.1, -0.05) is 77.6 Å². The van der Waals surface area contributed by atoms with Crippen molar-refractivity contribution in [2.75, 3.05) is 26.2 Å². The Kier molecular flexibility index (Phi) is 14.8.